The van der Waals surface area contributed by atoms with E-state index >= 15 is 0 Å². The number of halogens is 2. The van der Waals surface area contributed by atoms with Crippen LogP contribution in [0.4, 0.5) is 0 Å². The molecule has 116 valence electrons. The van der Waals surface area contributed by atoms with Crippen molar-refractivity contribution in [1.29, 1.82) is 0 Å². The third-order valence-electron chi connectivity index (χ3n) is 3.43. The molecular weight excluding hydrogens is 319 g/mol. The maximum Gasteiger partial charge on any atom is 0.0827 e. The monoisotopic (exact) mass is 336 g/mol. The van der Waals surface area contributed by atoms with Gasteiger partial charge < -0.3 is 10.2 Å². The van der Waals surface area contributed by atoms with Crippen molar-refractivity contribution in [2.75, 3.05) is 0 Å². The van der Waals surface area contributed by atoms with Crippen LogP contribution in [0.5, 0.6) is 0 Å². The second kappa shape index (κ2) is 7.80. The Kier molecular flexibility index (Phi) is 6.04. The van der Waals surface area contributed by atoms with Crippen LogP contribution in [0, 0.1) is 0 Å². The molecule has 0 aromatic heterocycles. The second-order valence-electron chi connectivity index (χ2n) is 5.30. The Morgan fingerprint density at radius 2 is 1.27 bits per heavy atom. The molecule has 2 unspecified atom stereocenters. The Morgan fingerprint density at radius 3 is 1.64 bits per heavy atom. The molecule has 0 aliphatic carbocycles. The lowest BCUT2D eigenvalue weighted by Gasteiger charge is -2.16. The van der Waals surface area contributed by atoms with E-state index in [0.717, 1.165) is 16.7 Å². The van der Waals surface area contributed by atoms with Crippen molar-refractivity contribution in [3.63, 3.8) is 0 Å². The molecule has 0 spiro atoms. The zero-order valence-electron chi connectivity index (χ0n) is 12.0. The summed E-state index contributed by atoms with van der Waals surface area (Å²) in [4.78, 5) is 0. The summed E-state index contributed by atoms with van der Waals surface area (Å²) in [6, 6.07) is 14.2. The quantitative estimate of drug-likeness (QED) is 0.720. The Balaban J connectivity index is 1.95. The van der Waals surface area contributed by atoms with Gasteiger partial charge in [0.2, 0.25) is 0 Å². The van der Waals surface area contributed by atoms with E-state index in [9.17, 15) is 10.2 Å². The van der Waals surface area contributed by atoms with Gasteiger partial charge in [-0.3, -0.25) is 0 Å². The summed E-state index contributed by atoms with van der Waals surface area (Å²) in [5.41, 5.74) is 2.25. The van der Waals surface area contributed by atoms with Crippen LogP contribution in [0.15, 0.2) is 60.7 Å². The molecule has 0 heterocycles. The number of hydrogen-bond acceptors (Lipinski definition) is 2. The van der Waals surface area contributed by atoms with Crippen molar-refractivity contribution >= 4 is 23.2 Å². The highest BCUT2D eigenvalue weighted by atomic mass is 35.5. The molecule has 0 saturated carbocycles. The third kappa shape index (κ3) is 4.85. The number of aliphatic hydroxyl groups excluding tert-OH is 2. The van der Waals surface area contributed by atoms with Gasteiger partial charge in [-0.05, 0) is 48.2 Å². The molecule has 0 fully saturated rings. The molecule has 2 N–H and O–H groups in total. The van der Waals surface area contributed by atoms with Crippen molar-refractivity contribution in [1.82, 2.24) is 0 Å². The van der Waals surface area contributed by atoms with Gasteiger partial charge >= 0.3 is 0 Å². The standard InChI is InChI=1S/C18H18Cl2O2/c1-12(8-17(21)13-4-2-6-15(19)10-13)9-18(22)14-5-3-7-16(20)11-14/h2-7,10-11,17-18,21-22H,1,8-9H2. The molecule has 0 saturated heterocycles. The van der Waals surface area contributed by atoms with Crippen molar-refractivity contribution in [2.45, 2.75) is 25.0 Å². The third-order valence-corrected chi connectivity index (χ3v) is 3.90. The van der Waals surface area contributed by atoms with Crippen LogP contribution in [0.1, 0.15) is 36.2 Å². The van der Waals surface area contributed by atoms with Crippen molar-refractivity contribution < 1.29 is 10.2 Å². The highest BCUT2D eigenvalue weighted by molar-refractivity contribution is 6.30. The van der Waals surface area contributed by atoms with E-state index < -0.39 is 12.2 Å². The number of aliphatic hydroxyl groups is 2. The lowest BCUT2D eigenvalue weighted by Crippen LogP contribution is -2.03. The first kappa shape index (κ1) is 17.0. The zero-order chi connectivity index (χ0) is 16.1. The molecule has 0 amide bonds. The molecule has 2 nitrogen and oxygen atoms in total. The highest BCUT2D eigenvalue weighted by Crippen LogP contribution is 2.28. The molecule has 2 aromatic rings. The van der Waals surface area contributed by atoms with Crippen molar-refractivity contribution in [2.24, 2.45) is 0 Å². The molecule has 0 bridgehead atoms. The summed E-state index contributed by atoms with van der Waals surface area (Å²) < 4.78 is 0. The zero-order valence-corrected chi connectivity index (χ0v) is 13.6. The molecule has 0 radical (unpaired) electrons. The summed E-state index contributed by atoms with van der Waals surface area (Å²) in [5, 5.41) is 21.6. The summed E-state index contributed by atoms with van der Waals surface area (Å²) in [5.74, 6) is 0. The minimum absolute atomic E-state index is 0.373. The van der Waals surface area contributed by atoms with Gasteiger partial charge in [0.05, 0.1) is 12.2 Å². The van der Waals surface area contributed by atoms with Gasteiger partial charge in [0.1, 0.15) is 0 Å². The summed E-state index contributed by atoms with van der Waals surface area (Å²) >= 11 is 11.8. The first-order chi connectivity index (χ1) is 10.5. The van der Waals surface area contributed by atoms with Crippen LogP contribution in [-0.4, -0.2) is 10.2 Å². The molecule has 2 atom stereocenters. The predicted molar refractivity (Wildman–Crippen MR) is 91.2 cm³/mol. The smallest absolute Gasteiger partial charge is 0.0827 e. The van der Waals surface area contributed by atoms with Crippen LogP contribution >= 0.6 is 23.2 Å². The van der Waals surface area contributed by atoms with E-state index in [0.29, 0.717) is 22.9 Å². The molecule has 2 rings (SSSR count). The van der Waals surface area contributed by atoms with Gasteiger partial charge in [0.15, 0.2) is 0 Å². The van der Waals surface area contributed by atoms with Gasteiger partial charge in [-0.15, -0.1) is 0 Å². The van der Waals surface area contributed by atoms with E-state index in [4.69, 9.17) is 23.2 Å². The SMILES string of the molecule is C=C(CC(O)c1cccc(Cl)c1)CC(O)c1cccc(Cl)c1. The van der Waals surface area contributed by atoms with E-state index in [1.54, 1.807) is 36.4 Å². The molecule has 0 aliphatic rings. The Hall–Kier alpha value is -1.32. The summed E-state index contributed by atoms with van der Waals surface area (Å²) in [6.07, 6.45) is -0.619. The molecule has 0 aliphatic heterocycles. The van der Waals surface area contributed by atoms with Gasteiger partial charge in [-0.2, -0.15) is 0 Å². The predicted octanol–water partition coefficient (Wildman–Crippen LogP) is 5.10. The van der Waals surface area contributed by atoms with Crippen LogP contribution < -0.4 is 0 Å². The summed E-state index contributed by atoms with van der Waals surface area (Å²) in [7, 11) is 0. The molecule has 22 heavy (non-hydrogen) atoms. The lowest BCUT2D eigenvalue weighted by atomic mass is 9.96. The number of rotatable bonds is 6. The van der Waals surface area contributed by atoms with Gasteiger partial charge in [0, 0.05) is 10.0 Å². The molecule has 2 aromatic carbocycles. The molecule has 4 heteroatoms. The average molecular weight is 337 g/mol. The second-order valence-corrected chi connectivity index (χ2v) is 6.17. The van der Waals surface area contributed by atoms with E-state index in [2.05, 4.69) is 6.58 Å². The first-order valence-corrected chi connectivity index (χ1v) is 7.75. The van der Waals surface area contributed by atoms with Gasteiger partial charge in [-0.25, -0.2) is 0 Å². The minimum atomic E-state index is -0.683. The topological polar surface area (TPSA) is 40.5 Å². The van der Waals surface area contributed by atoms with Gasteiger partial charge in [0.25, 0.3) is 0 Å². The van der Waals surface area contributed by atoms with E-state index in [-0.39, 0.29) is 0 Å². The molecular formula is C18H18Cl2O2. The normalized spacial score (nSPS) is 13.6. The van der Waals surface area contributed by atoms with Crippen LogP contribution in [0.3, 0.4) is 0 Å². The van der Waals surface area contributed by atoms with Crippen LogP contribution in [0.25, 0.3) is 0 Å². The summed E-state index contributed by atoms with van der Waals surface area (Å²) in [6.45, 7) is 3.94. The fraction of sp³-hybridized carbons (Fsp3) is 0.222. The maximum atomic E-state index is 10.2. The van der Waals surface area contributed by atoms with E-state index in [1.165, 1.54) is 0 Å². The number of benzene rings is 2. The minimum Gasteiger partial charge on any atom is -0.388 e. The fourth-order valence-corrected chi connectivity index (χ4v) is 2.69. The van der Waals surface area contributed by atoms with Crippen LogP contribution in [0.2, 0.25) is 10.0 Å². The van der Waals surface area contributed by atoms with Crippen molar-refractivity contribution in [3.8, 4) is 0 Å². The largest absolute Gasteiger partial charge is 0.388 e. The van der Waals surface area contributed by atoms with E-state index in [1.807, 2.05) is 12.1 Å². The van der Waals surface area contributed by atoms with Crippen LogP contribution in [-0.2, 0) is 0 Å². The van der Waals surface area contributed by atoms with Crippen molar-refractivity contribution in [3.05, 3.63) is 81.9 Å². The number of hydrogen-bond donors (Lipinski definition) is 2. The fourth-order valence-electron chi connectivity index (χ4n) is 2.29. The maximum absolute atomic E-state index is 10.2. The Labute approximate surface area is 140 Å². The lowest BCUT2D eigenvalue weighted by molar-refractivity contribution is 0.158. The average Bonchev–Trinajstić information content (AvgIpc) is 2.47. The Morgan fingerprint density at radius 1 is 0.864 bits per heavy atom. The van der Waals surface area contributed by atoms with Gasteiger partial charge in [-0.1, -0.05) is 59.6 Å². The Bertz CT molecular complexity index is 600. The first-order valence-electron chi connectivity index (χ1n) is 6.99. The highest BCUT2D eigenvalue weighted by Gasteiger charge is 2.14.